The van der Waals surface area contributed by atoms with Crippen molar-refractivity contribution >= 4 is 0 Å². The van der Waals surface area contributed by atoms with Crippen LogP contribution in [-0.2, 0) is 0 Å². The Morgan fingerprint density at radius 1 is 0.667 bits per heavy atom. The summed E-state index contributed by atoms with van der Waals surface area (Å²) in [6.45, 7) is 4.58. The molecule has 0 aromatic rings. The van der Waals surface area contributed by atoms with Crippen LogP contribution in [-0.4, -0.2) is 45.8 Å². The lowest BCUT2D eigenvalue weighted by atomic mass is 9.60. The van der Waals surface area contributed by atoms with Gasteiger partial charge >= 0.3 is 0 Å². The number of hydrogen-bond acceptors (Lipinski definition) is 4. The molecule has 0 unspecified atom stereocenters. The zero-order valence-corrected chi connectivity index (χ0v) is 13.7. The van der Waals surface area contributed by atoms with E-state index in [2.05, 4.69) is 13.8 Å². The molecule has 2 saturated carbocycles. The van der Waals surface area contributed by atoms with Crippen LogP contribution in [0, 0.1) is 17.3 Å². The summed E-state index contributed by atoms with van der Waals surface area (Å²) in [6, 6.07) is 0. The van der Waals surface area contributed by atoms with E-state index in [1.54, 1.807) is 0 Å². The van der Waals surface area contributed by atoms with E-state index in [4.69, 9.17) is 10.2 Å². The topological polar surface area (TPSA) is 80.9 Å². The highest BCUT2D eigenvalue weighted by atomic mass is 16.3. The van der Waals surface area contributed by atoms with Crippen molar-refractivity contribution in [1.82, 2.24) is 0 Å². The highest BCUT2D eigenvalue weighted by Gasteiger charge is 2.39. The van der Waals surface area contributed by atoms with Crippen LogP contribution < -0.4 is 0 Å². The fraction of sp³-hybridized carbons (Fsp3) is 1.00. The van der Waals surface area contributed by atoms with Gasteiger partial charge in [0, 0.05) is 0 Å². The molecule has 4 N–H and O–H groups in total. The number of aliphatic hydroxyl groups is 4. The Morgan fingerprint density at radius 3 is 1.19 bits per heavy atom. The fourth-order valence-electron chi connectivity index (χ4n) is 3.97. The van der Waals surface area contributed by atoms with Crippen molar-refractivity contribution in [3.63, 3.8) is 0 Å². The van der Waals surface area contributed by atoms with Crippen LogP contribution in [0.3, 0.4) is 0 Å². The lowest BCUT2D eigenvalue weighted by molar-refractivity contribution is 0.00233. The second kappa shape index (κ2) is 9.09. The summed E-state index contributed by atoms with van der Waals surface area (Å²) in [6.07, 6.45) is 8.62. The van der Waals surface area contributed by atoms with Gasteiger partial charge in [-0.05, 0) is 68.6 Å². The summed E-state index contributed by atoms with van der Waals surface area (Å²) in [7, 11) is 0. The SMILES string of the molecule is CC(C)(C1CCC(O)CC1)C1CCC(O)CC1.OCCO. The van der Waals surface area contributed by atoms with E-state index in [9.17, 15) is 10.2 Å². The molecule has 2 aliphatic carbocycles. The van der Waals surface area contributed by atoms with Gasteiger partial charge in [0.05, 0.1) is 25.4 Å². The van der Waals surface area contributed by atoms with Crippen molar-refractivity contribution in [2.75, 3.05) is 13.2 Å². The third-order valence-electron chi connectivity index (χ3n) is 5.60. The molecule has 126 valence electrons. The van der Waals surface area contributed by atoms with Gasteiger partial charge in [-0.1, -0.05) is 13.8 Å². The average molecular weight is 302 g/mol. The minimum Gasteiger partial charge on any atom is -0.394 e. The normalized spacial score (nSPS) is 34.0. The monoisotopic (exact) mass is 302 g/mol. The Kier molecular flexibility index (Phi) is 8.17. The summed E-state index contributed by atoms with van der Waals surface area (Å²) in [4.78, 5) is 0. The Balaban J connectivity index is 0.000000491. The minimum atomic E-state index is -0.125. The first-order valence-corrected chi connectivity index (χ1v) is 8.49. The van der Waals surface area contributed by atoms with E-state index >= 15 is 0 Å². The van der Waals surface area contributed by atoms with Crippen LogP contribution >= 0.6 is 0 Å². The summed E-state index contributed by atoms with van der Waals surface area (Å²) in [5, 5.41) is 34.5. The summed E-state index contributed by atoms with van der Waals surface area (Å²) < 4.78 is 0. The van der Waals surface area contributed by atoms with Crippen LogP contribution in [0.25, 0.3) is 0 Å². The molecule has 0 aromatic carbocycles. The molecule has 0 bridgehead atoms. The average Bonchev–Trinajstić information content (AvgIpc) is 2.48. The van der Waals surface area contributed by atoms with Crippen LogP contribution in [0.1, 0.15) is 65.2 Å². The number of hydrogen-bond donors (Lipinski definition) is 4. The molecule has 0 atom stereocenters. The molecule has 21 heavy (non-hydrogen) atoms. The zero-order chi connectivity index (χ0) is 15.9. The van der Waals surface area contributed by atoms with Gasteiger partial charge in [-0.2, -0.15) is 0 Å². The minimum absolute atomic E-state index is 0.0461. The Bertz CT molecular complexity index is 238. The van der Waals surface area contributed by atoms with Crippen molar-refractivity contribution < 1.29 is 20.4 Å². The zero-order valence-electron chi connectivity index (χ0n) is 13.7. The van der Waals surface area contributed by atoms with E-state index in [0.29, 0.717) is 5.41 Å². The lowest BCUT2D eigenvalue weighted by Gasteiger charge is -2.46. The van der Waals surface area contributed by atoms with E-state index in [0.717, 1.165) is 37.5 Å². The lowest BCUT2D eigenvalue weighted by Crippen LogP contribution is -2.38. The fourth-order valence-corrected chi connectivity index (χ4v) is 3.97. The Morgan fingerprint density at radius 2 is 0.952 bits per heavy atom. The van der Waals surface area contributed by atoms with E-state index in [1.165, 1.54) is 25.7 Å². The molecule has 0 aromatic heterocycles. The van der Waals surface area contributed by atoms with Crippen molar-refractivity contribution in [2.45, 2.75) is 77.4 Å². The molecule has 0 saturated heterocycles. The maximum atomic E-state index is 9.60. The summed E-state index contributed by atoms with van der Waals surface area (Å²) in [5.41, 5.74) is 0.389. The largest absolute Gasteiger partial charge is 0.394 e. The summed E-state index contributed by atoms with van der Waals surface area (Å²) >= 11 is 0. The third-order valence-corrected chi connectivity index (χ3v) is 5.60. The second-order valence-corrected chi connectivity index (χ2v) is 7.28. The predicted molar refractivity (Wildman–Crippen MR) is 83.9 cm³/mol. The van der Waals surface area contributed by atoms with Crippen LogP contribution in [0.2, 0.25) is 0 Å². The Labute approximate surface area is 129 Å². The van der Waals surface area contributed by atoms with Crippen LogP contribution in [0.15, 0.2) is 0 Å². The third kappa shape index (κ3) is 5.85. The van der Waals surface area contributed by atoms with E-state index < -0.39 is 0 Å². The van der Waals surface area contributed by atoms with Crippen molar-refractivity contribution in [3.8, 4) is 0 Å². The van der Waals surface area contributed by atoms with Crippen molar-refractivity contribution in [1.29, 1.82) is 0 Å². The molecule has 2 fully saturated rings. The molecule has 0 amide bonds. The maximum absolute atomic E-state index is 9.60. The maximum Gasteiger partial charge on any atom is 0.0662 e. The number of aliphatic hydroxyl groups excluding tert-OH is 4. The highest BCUT2D eigenvalue weighted by molar-refractivity contribution is 4.90. The smallest absolute Gasteiger partial charge is 0.0662 e. The van der Waals surface area contributed by atoms with Gasteiger partial charge in [0.2, 0.25) is 0 Å². The van der Waals surface area contributed by atoms with Gasteiger partial charge < -0.3 is 20.4 Å². The molecule has 0 aliphatic heterocycles. The van der Waals surface area contributed by atoms with E-state index in [-0.39, 0.29) is 25.4 Å². The first-order valence-electron chi connectivity index (χ1n) is 8.49. The van der Waals surface area contributed by atoms with Crippen LogP contribution in [0.5, 0.6) is 0 Å². The van der Waals surface area contributed by atoms with Gasteiger partial charge in [0.25, 0.3) is 0 Å². The highest BCUT2D eigenvalue weighted by Crippen LogP contribution is 2.48. The molecule has 4 nitrogen and oxygen atoms in total. The predicted octanol–water partition coefficient (Wildman–Crippen LogP) is 2.09. The van der Waals surface area contributed by atoms with Crippen molar-refractivity contribution in [2.24, 2.45) is 17.3 Å². The Hall–Kier alpha value is -0.160. The molecule has 0 spiro atoms. The van der Waals surface area contributed by atoms with Gasteiger partial charge in [-0.15, -0.1) is 0 Å². The molecule has 0 heterocycles. The first kappa shape index (κ1) is 18.9. The molecule has 2 aliphatic rings. The second-order valence-electron chi connectivity index (χ2n) is 7.28. The van der Waals surface area contributed by atoms with E-state index in [1.807, 2.05) is 0 Å². The molecule has 2 rings (SSSR count). The standard InChI is InChI=1S/C15H28O2.C2H6O2/c1-15(2,11-3-7-13(16)8-4-11)12-5-9-14(17)10-6-12;3-1-2-4/h11-14,16-17H,3-10H2,1-2H3;3-4H,1-2H2. The molecule has 4 heteroatoms. The van der Waals surface area contributed by atoms with Gasteiger partial charge in [0.1, 0.15) is 0 Å². The first-order chi connectivity index (χ1) is 9.91. The quantitative estimate of drug-likeness (QED) is 0.643. The van der Waals surface area contributed by atoms with Crippen LogP contribution in [0.4, 0.5) is 0 Å². The molecular formula is C17H34O4. The van der Waals surface area contributed by atoms with Gasteiger partial charge in [-0.25, -0.2) is 0 Å². The molecule has 0 radical (unpaired) electrons. The van der Waals surface area contributed by atoms with Gasteiger partial charge in [0.15, 0.2) is 0 Å². The van der Waals surface area contributed by atoms with Crippen molar-refractivity contribution in [3.05, 3.63) is 0 Å². The summed E-state index contributed by atoms with van der Waals surface area (Å²) in [5.74, 6) is 1.54. The number of rotatable bonds is 3. The van der Waals surface area contributed by atoms with Gasteiger partial charge in [-0.3, -0.25) is 0 Å². The molecular weight excluding hydrogens is 268 g/mol.